The molecular weight excluding hydrogens is 308 g/mol. The first kappa shape index (κ1) is 17.5. The van der Waals surface area contributed by atoms with E-state index >= 15 is 0 Å². The molecular formula is C19H20O5. The van der Waals surface area contributed by atoms with Crippen molar-refractivity contribution in [2.24, 2.45) is 0 Å². The lowest BCUT2D eigenvalue weighted by Gasteiger charge is -2.14. The average molecular weight is 328 g/mol. The summed E-state index contributed by atoms with van der Waals surface area (Å²) in [5.74, 6) is 1.52. The van der Waals surface area contributed by atoms with Crippen LogP contribution >= 0.6 is 0 Å². The fourth-order valence-electron chi connectivity index (χ4n) is 2.30. The van der Waals surface area contributed by atoms with Crippen LogP contribution in [0.15, 0.2) is 36.4 Å². The van der Waals surface area contributed by atoms with Crippen LogP contribution in [-0.4, -0.2) is 25.8 Å². The van der Waals surface area contributed by atoms with Gasteiger partial charge in [0.05, 0.1) is 19.8 Å². The number of hydrogen-bond donors (Lipinski definition) is 0. The van der Waals surface area contributed by atoms with E-state index in [1.54, 1.807) is 43.5 Å². The molecule has 24 heavy (non-hydrogen) atoms. The molecule has 0 spiro atoms. The number of ketones is 2. The summed E-state index contributed by atoms with van der Waals surface area (Å²) in [5, 5.41) is 0. The van der Waals surface area contributed by atoms with Crippen LogP contribution in [0.1, 0.15) is 40.1 Å². The normalized spacial score (nSPS) is 10.2. The zero-order valence-corrected chi connectivity index (χ0v) is 14.2. The number of carbonyl (C=O) groups excluding carboxylic acids is 2. The largest absolute Gasteiger partial charge is 0.497 e. The van der Waals surface area contributed by atoms with Crippen LogP contribution in [0.5, 0.6) is 17.2 Å². The Hall–Kier alpha value is -2.82. The zero-order chi connectivity index (χ0) is 17.7. The van der Waals surface area contributed by atoms with E-state index in [0.717, 1.165) is 5.56 Å². The number of rotatable bonds is 7. The lowest BCUT2D eigenvalue weighted by molar-refractivity contribution is 0.100. The van der Waals surface area contributed by atoms with Gasteiger partial charge in [0.25, 0.3) is 0 Å². The lowest BCUT2D eigenvalue weighted by atomic mass is 10.1. The van der Waals surface area contributed by atoms with Gasteiger partial charge in [-0.15, -0.1) is 0 Å². The monoisotopic (exact) mass is 328 g/mol. The molecule has 0 aliphatic heterocycles. The van der Waals surface area contributed by atoms with Crippen molar-refractivity contribution in [2.45, 2.75) is 20.5 Å². The minimum atomic E-state index is -0.117. The van der Waals surface area contributed by atoms with Crippen molar-refractivity contribution in [3.63, 3.8) is 0 Å². The molecule has 0 aromatic heterocycles. The molecule has 5 heteroatoms. The van der Waals surface area contributed by atoms with E-state index < -0.39 is 0 Å². The molecule has 2 aromatic rings. The van der Waals surface area contributed by atoms with Gasteiger partial charge < -0.3 is 14.2 Å². The summed E-state index contributed by atoms with van der Waals surface area (Å²) in [6.07, 6.45) is 0. The van der Waals surface area contributed by atoms with Crippen molar-refractivity contribution in [3.05, 3.63) is 53.1 Å². The van der Waals surface area contributed by atoms with Gasteiger partial charge in [0.1, 0.15) is 23.9 Å². The summed E-state index contributed by atoms with van der Waals surface area (Å²) < 4.78 is 16.2. The molecule has 0 radical (unpaired) electrons. The Morgan fingerprint density at radius 2 is 1.58 bits per heavy atom. The number of benzene rings is 2. The van der Waals surface area contributed by atoms with Crippen LogP contribution < -0.4 is 14.2 Å². The summed E-state index contributed by atoms with van der Waals surface area (Å²) in [6, 6.07) is 10.2. The summed E-state index contributed by atoms with van der Waals surface area (Å²) in [5.41, 5.74) is 1.75. The van der Waals surface area contributed by atoms with Crippen molar-refractivity contribution in [1.82, 2.24) is 0 Å². The quantitative estimate of drug-likeness (QED) is 0.725. The fourth-order valence-corrected chi connectivity index (χ4v) is 2.30. The second-order valence-electron chi connectivity index (χ2n) is 5.29. The average Bonchev–Trinajstić information content (AvgIpc) is 2.59. The van der Waals surface area contributed by atoms with Crippen molar-refractivity contribution >= 4 is 11.6 Å². The molecule has 0 aliphatic rings. The van der Waals surface area contributed by atoms with Gasteiger partial charge in [-0.1, -0.05) is 0 Å². The van der Waals surface area contributed by atoms with Crippen LogP contribution in [0.2, 0.25) is 0 Å². The predicted molar refractivity (Wildman–Crippen MR) is 90.3 cm³/mol. The molecule has 0 bridgehead atoms. The van der Waals surface area contributed by atoms with Crippen LogP contribution in [0, 0.1) is 0 Å². The van der Waals surface area contributed by atoms with Crippen LogP contribution in [-0.2, 0) is 6.61 Å². The first-order valence-electron chi connectivity index (χ1n) is 7.46. The Labute approximate surface area is 141 Å². The smallest absolute Gasteiger partial charge is 0.163 e. The molecule has 0 aliphatic carbocycles. The Morgan fingerprint density at radius 3 is 2.17 bits per heavy atom. The Morgan fingerprint density at radius 1 is 0.875 bits per heavy atom. The highest BCUT2D eigenvalue weighted by atomic mass is 16.5. The standard InChI is InChI=1S/C19H20O5/c1-12(20)14-5-7-18(23-4)15(9-14)11-24-19-8-6-16(22-3)10-17(19)13(2)21/h5-10H,11H2,1-4H3. The van der Waals surface area contributed by atoms with Gasteiger partial charge in [-0.2, -0.15) is 0 Å². The highest BCUT2D eigenvalue weighted by Gasteiger charge is 2.13. The van der Waals surface area contributed by atoms with Crippen LogP contribution in [0.3, 0.4) is 0 Å². The maximum atomic E-state index is 11.8. The summed E-state index contributed by atoms with van der Waals surface area (Å²) in [7, 11) is 3.10. The highest BCUT2D eigenvalue weighted by Crippen LogP contribution is 2.27. The first-order chi connectivity index (χ1) is 11.5. The van der Waals surface area contributed by atoms with E-state index in [2.05, 4.69) is 0 Å². The molecule has 0 amide bonds. The Kier molecular flexibility index (Phi) is 5.58. The van der Waals surface area contributed by atoms with Crippen LogP contribution in [0.25, 0.3) is 0 Å². The zero-order valence-electron chi connectivity index (χ0n) is 14.2. The predicted octanol–water partition coefficient (Wildman–Crippen LogP) is 3.69. The molecule has 0 N–H and O–H groups in total. The van der Waals surface area contributed by atoms with Gasteiger partial charge in [0.15, 0.2) is 11.6 Å². The number of ether oxygens (including phenoxy) is 3. The first-order valence-corrected chi connectivity index (χ1v) is 7.46. The fraction of sp³-hybridized carbons (Fsp3) is 0.263. The minimum Gasteiger partial charge on any atom is -0.497 e. The van der Waals surface area contributed by atoms with Gasteiger partial charge in [-0.25, -0.2) is 0 Å². The van der Waals surface area contributed by atoms with E-state index in [9.17, 15) is 9.59 Å². The number of Topliss-reactive ketones (excluding diaryl/α,β-unsaturated/α-hetero) is 2. The second-order valence-corrected chi connectivity index (χ2v) is 5.29. The minimum absolute atomic E-state index is 0.0345. The molecule has 0 fully saturated rings. The molecule has 0 saturated carbocycles. The van der Waals surface area contributed by atoms with E-state index in [4.69, 9.17) is 14.2 Å². The maximum Gasteiger partial charge on any atom is 0.163 e. The lowest BCUT2D eigenvalue weighted by Crippen LogP contribution is -2.05. The molecule has 126 valence electrons. The topological polar surface area (TPSA) is 61.8 Å². The number of carbonyl (C=O) groups is 2. The van der Waals surface area contributed by atoms with Gasteiger partial charge in [-0.05, 0) is 50.2 Å². The molecule has 0 atom stereocenters. The molecule has 2 aromatic carbocycles. The number of methoxy groups -OCH3 is 2. The van der Waals surface area contributed by atoms with E-state index in [1.807, 2.05) is 0 Å². The van der Waals surface area contributed by atoms with E-state index in [0.29, 0.717) is 28.4 Å². The third kappa shape index (κ3) is 3.93. The van der Waals surface area contributed by atoms with Crippen molar-refractivity contribution in [3.8, 4) is 17.2 Å². The highest BCUT2D eigenvalue weighted by molar-refractivity contribution is 5.97. The van der Waals surface area contributed by atoms with Gasteiger partial charge in [0.2, 0.25) is 0 Å². The van der Waals surface area contributed by atoms with E-state index in [-0.39, 0.29) is 18.2 Å². The number of hydrogen-bond acceptors (Lipinski definition) is 5. The molecule has 2 rings (SSSR count). The van der Waals surface area contributed by atoms with Crippen molar-refractivity contribution < 1.29 is 23.8 Å². The molecule has 0 unspecified atom stereocenters. The molecule has 0 heterocycles. The summed E-state index contributed by atoms with van der Waals surface area (Å²) >= 11 is 0. The third-order valence-electron chi connectivity index (χ3n) is 3.64. The van der Waals surface area contributed by atoms with Gasteiger partial charge in [0, 0.05) is 11.1 Å². The Balaban J connectivity index is 2.29. The SMILES string of the molecule is COc1ccc(OCc2cc(C(C)=O)ccc2OC)c(C(C)=O)c1. The third-order valence-corrected chi connectivity index (χ3v) is 3.64. The Bertz CT molecular complexity index is 764. The second kappa shape index (κ2) is 7.64. The molecule has 5 nitrogen and oxygen atoms in total. The van der Waals surface area contributed by atoms with Crippen LogP contribution in [0.4, 0.5) is 0 Å². The van der Waals surface area contributed by atoms with Gasteiger partial charge >= 0.3 is 0 Å². The van der Waals surface area contributed by atoms with E-state index in [1.165, 1.54) is 21.0 Å². The maximum absolute atomic E-state index is 11.8. The van der Waals surface area contributed by atoms with Crippen molar-refractivity contribution in [1.29, 1.82) is 0 Å². The van der Waals surface area contributed by atoms with Crippen molar-refractivity contribution in [2.75, 3.05) is 14.2 Å². The molecule has 0 saturated heterocycles. The van der Waals surface area contributed by atoms with Gasteiger partial charge in [-0.3, -0.25) is 9.59 Å². The summed E-state index contributed by atoms with van der Waals surface area (Å²) in [4.78, 5) is 23.4. The summed E-state index contributed by atoms with van der Waals surface area (Å²) in [6.45, 7) is 3.15.